The second-order valence-electron chi connectivity index (χ2n) is 5.07. The van der Waals surface area contributed by atoms with Crippen molar-refractivity contribution < 1.29 is 13.5 Å². The molecule has 1 fully saturated rings. The van der Waals surface area contributed by atoms with Crippen LogP contribution in [0.5, 0.6) is 0 Å². The largest absolute Gasteiger partial charge is 0.386 e. The van der Waals surface area contributed by atoms with Crippen LogP contribution in [0.4, 0.5) is 5.82 Å². The van der Waals surface area contributed by atoms with Gasteiger partial charge in [0.05, 0.1) is 5.60 Å². The third-order valence-corrected chi connectivity index (χ3v) is 5.25. The minimum absolute atomic E-state index is 0.174. The van der Waals surface area contributed by atoms with E-state index in [1.54, 1.807) is 12.1 Å². The summed E-state index contributed by atoms with van der Waals surface area (Å²) >= 11 is 0. The van der Waals surface area contributed by atoms with Crippen molar-refractivity contribution in [2.24, 2.45) is 0 Å². The number of anilines is 1. The molecule has 19 heavy (non-hydrogen) atoms. The van der Waals surface area contributed by atoms with Gasteiger partial charge in [0.15, 0.2) is 0 Å². The van der Waals surface area contributed by atoms with Crippen LogP contribution in [0.2, 0.25) is 0 Å². The minimum Gasteiger partial charge on any atom is -0.386 e. The van der Waals surface area contributed by atoms with E-state index < -0.39 is 15.6 Å². The predicted molar refractivity (Wildman–Crippen MR) is 72.6 cm³/mol. The smallest absolute Gasteiger partial charge is 0.244 e. The van der Waals surface area contributed by atoms with Gasteiger partial charge >= 0.3 is 0 Å². The summed E-state index contributed by atoms with van der Waals surface area (Å²) in [4.78, 5) is 6.26. The van der Waals surface area contributed by atoms with Crippen molar-refractivity contribution in [3.63, 3.8) is 0 Å². The molecule has 6 nitrogen and oxygen atoms in total. The number of aliphatic hydroxyl groups is 1. The van der Waals surface area contributed by atoms with E-state index in [9.17, 15) is 13.5 Å². The van der Waals surface area contributed by atoms with Crippen molar-refractivity contribution in [3.05, 3.63) is 18.3 Å². The van der Waals surface area contributed by atoms with E-state index in [1.165, 1.54) is 20.3 Å². The van der Waals surface area contributed by atoms with Crippen LogP contribution >= 0.6 is 0 Å². The Labute approximate surface area is 113 Å². The standard InChI is InChI=1S/C12H19N3O3S/c1-4-12(16)8-15(9-12)11-6-5-10(7-13-11)19(17,18)14(2)3/h5-7,16H,4,8-9H2,1-3H3. The average Bonchev–Trinajstić information content (AvgIpc) is 2.35. The molecule has 0 aliphatic carbocycles. The molecule has 0 radical (unpaired) electrons. The van der Waals surface area contributed by atoms with Gasteiger partial charge < -0.3 is 10.0 Å². The van der Waals surface area contributed by atoms with Crippen LogP contribution < -0.4 is 4.90 Å². The zero-order valence-electron chi connectivity index (χ0n) is 11.4. The highest BCUT2D eigenvalue weighted by molar-refractivity contribution is 7.89. The second-order valence-corrected chi connectivity index (χ2v) is 7.23. The Balaban J connectivity index is 2.13. The summed E-state index contributed by atoms with van der Waals surface area (Å²) in [5.41, 5.74) is -0.629. The first-order chi connectivity index (χ1) is 8.78. The number of sulfonamides is 1. The lowest BCUT2D eigenvalue weighted by molar-refractivity contribution is 0.00805. The van der Waals surface area contributed by atoms with E-state index in [0.717, 1.165) is 4.31 Å². The number of hydrogen-bond acceptors (Lipinski definition) is 5. The van der Waals surface area contributed by atoms with Crippen molar-refractivity contribution in [1.82, 2.24) is 9.29 Å². The molecule has 7 heteroatoms. The molecule has 1 aromatic rings. The van der Waals surface area contributed by atoms with Gasteiger partial charge in [-0.05, 0) is 18.6 Å². The molecule has 2 rings (SSSR count). The molecule has 0 bridgehead atoms. The van der Waals surface area contributed by atoms with Crippen LogP contribution in [0.15, 0.2) is 23.2 Å². The Morgan fingerprint density at radius 2 is 2.05 bits per heavy atom. The molecule has 106 valence electrons. The average molecular weight is 285 g/mol. The number of rotatable bonds is 4. The fourth-order valence-corrected chi connectivity index (χ4v) is 2.82. The van der Waals surface area contributed by atoms with Gasteiger partial charge in [0.25, 0.3) is 0 Å². The molecular formula is C12H19N3O3S. The molecule has 1 aliphatic rings. The van der Waals surface area contributed by atoms with Gasteiger partial charge in [0.1, 0.15) is 10.7 Å². The molecule has 0 unspecified atom stereocenters. The number of nitrogens with zero attached hydrogens (tertiary/aromatic N) is 3. The molecule has 0 amide bonds. The first-order valence-electron chi connectivity index (χ1n) is 6.14. The minimum atomic E-state index is -3.43. The maximum absolute atomic E-state index is 11.9. The van der Waals surface area contributed by atoms with Crippen molar-refractivity contribution in [2.45, 2.75) is 23.8 Å². The van der Waals surface area contributed by atoms with E-state index in [1.807, 2.05) is 11.8 Å². The molecule has 0 saturated carbocycles. The number of aromatic nitrogens is 1. The van der Waals surface area contributed by atoms with Gasteiger partial charge in [0, 0.05) is 33.4 Å². The maximum Gasteiger partial charge on any atom is 0.244 e. The SMILES string of the molecule is CCC1(O)CN(c2ccc(S(=O)(=O)N(C)C)cn2)C1. The Hall–Kier alpha value is -1.18. The van der Waals surface area contributed by atoms with Crippen LogP contribution in [-0.2, 0) is 10.0 Å². The van der Waals surface area contributed by atoms with E-state index >= 15 is 0 Å². The topological polar surface area (TPSA) is 73.7 Å². The van der Waals surface area contributed by atoms with Crippen molar-refractivity contribution in [2.75, 3.05) is 32.1 Å². The van der Waals surface area contributed by atoms with Crippen LogP contribution in [-0.4, -0.2) is 55.6 Å². The summed E-state index contributed by atoms with van der Waals surface area (Å²) in [6.45, 7) is 3.02. The van der Waals surface area contributed by atoms with Gasteiger partial charge in [-0.15, -0.1) is 0 Å². The highest BCUT2D eigenvalue weighted by Crippen LogP contribution is 2.28. The summed E-state index contributed by atoms with van der Waals surface area (Å²) in [6, 6.07) is 3.21. The number of pyridine rings is 1. The summed E-state index contributed by atoms with van der Waals surface area (Å²) in [5.74, 6) is 0.691. The molecule has 0 atom stereocenters. The fourth-order valence-electron chi connectivity index (χ4n) is 1.97. The lowest BCUT2D eigenvalue weighted by Gasteiger charge is -2.46. The van der Waals surface area contributed by atoms with Crippen LogP contribution in [0, 0.1) is 0 Å². The molecule has 1 aliphatic heterocycles. The van der Waals surface area contributed by atoms with Gasteiger partial charge in [-0.3, -0.25) is 0 Å². The summed E-state index contributed by atoms with van der Waals surface area (Å²) in [7, 11) is -0.460. The van der Waals surface area contributed by atoms with Gasteiger partial charge in [-0.1, -0.05) is 6.92 Å². The quantitative estimate of drug-likeness (QED) is 0.861. The van der Waals surface area contributed by atoms with Gasteiger partial charge in [-0.25, -0.2) is 17.7 Å². The molecule has 0 aromatic carbocycles. The normalized spacial score (nSPS) is 18.5. The zero-order valence-corrected chi connectivity index (χ0v) is 12.2. The molecule has 1 N–H and O–H groups in total. The van der Waals surface area contributed by atoms with Crippen molar-refractivity contribution >= 4 is 15.8 Å². The third-order valence-electron chi connectivity index (χ3n) is 3.45. The molecule has 1 aromatic heterocycles. The zero-order chi connectivity index (χ0) is 14.3. The van der Waals surface area contributed by atoms with E-state index in [4.69, 9.17) is 0 Å². The van der Waals surface area contributed by atoms with E-state index in [2.05, 4.69) is 4.98 Å². The number of hydrogen-bond donors (Lipinski definition) is 1. The summed E-state index contributed by atoms with van der Waals surface area (Å²) in [6.07, 6.45) is 2.06. The predicted octanol–water partition coefficient (Wildman–Crippen LogP) is 0.293. The molecular weight excluding hydrogens is 266 g/mol. The highest BCUT2D eigenvalue weighted by atomic mass is 32.2. The van der Waals surface area contributed by atoms with Crippen LogP contribution in [0.1, 0.15) is 13.3 Å². The van der Waals surface area contributed by atoms with Crippen molar-refractivity contribution in [3.8, 4) is 0 Å². The Bertz CT molecular complexity index is 548. The fraction of sp³-hybridized carbons (Fsp3) is 0.583. The van der Waals surface area contributed by atoms with Crippen LogP contribution in [0.3, 0.4) is 0 Å². The lowest BCUT2D eigenvalue weighted by atomic mass is 9.91. The van der Waals surface area contributed by atoms with Gasteiger partial charge in [-0.2, -0.15) is 0 Å². The Morgan fingerprint density at radius 3 is 2.47 bits per heavy atom. The maximum atomic E-state index is 11.9. The number of β-amino-alcohol motifs (C(OH)–C–C–N with tert-alkyl or cyclic N) is 1. The van der Waals surface area contributed by atoms with Crippen molar-refractivity contribution in [1.29, 1.82) is 0 Å². The molecule has 1 saturated heterocycles. The molecule has 2 heterocycles. The third kappa shape index (κ3) is 2.58. The lowest BCUT2D eigenvalue weighted by Crippen LogP contribution is -2.61. The molecule has 0 spiro atoms. The first kappa shape index (κ1) is 14.2. The second kappa shape index (κ2) is 4.73. The first-order valence-corrected chi connectivity index (χ1v) is 7.58. The summed E-state index contributed by atoms with van der Waals surface area (Å²) < 4.78 is 24.9. The van der Waals surface area contributed by atoms with Gasteiger partial charge in [0.2, 0.25) is 10.0 Å². The monoisotopic (exact) mass is 285 g/mol. The Morgan fingerprint density at radius 1 is 1.42 bits per heavy atom. The van der Waals surface area contributed by atoms with E-state index in [-0.39, 0.29) is 4.90 Å². The Kier molecular flexibility index (Phi) is 3.55. The highest BCUT2D eigenvalue weighted by Gasteiger charge is 2.40. The van der Waals surface area contributed by atoms with Crippen LogP contribution in [0.25, 0.3) is 0 Å². The summed E-state index contributed by atoms with van der Waals surface area (Å²) in [5, 5.41) is 9.94. The van der Waals surface area contributed by atoms with E-state index in [0.29, 0.717) is 25.3 Å².